The number of amides is 1. The van der Waals surface area contributed by atoms with E-state index in [0.717, 1.165) is 5.70 Å². The average molecular weight is 181 g/mol. The fraction of sp³-hybridized carbons (Fsp3) is 0.500. The van der Waals surface area contributed by atoms with Gasteiger partial charge in [0, 0.05) is 18.5 Å². The van der Waals surface area contributed by atoms with E-state index in [0.29, 0.717) is 0 Å². The second-order valence-electron chi connectivity index (χ2n) is 3.61. The average Bonchev–Trinajstić information content (AvgIpc) is 1.98. The molecule has 1 aliphatic carbocycles. The van der Waals surface area contributed by atoms with Crippen molar-refractivity contribution in [2.24, 2.45) is 5.92 Å². The molecule has 2 N–H and O–H groups in total. The Morgan fingerprint density at radius 1 is 1.69 bits per heavy atom. The third kappa shape index (κ3) is 2.18. The Labute approximate surface area is 78.1 Å². The van der Waals surface area contributed by atoms with Crippen LogP contribution in [0.3, 0.4) is 0 Å². The van der Waals surface area contributed by atoms with E-state index in [4.69, 9.17) is 0 Å². The van der Waals surface area contributed by atoms with Crippen molar-refractivity contribution in [3.05, 3.63) is 23.9 Å². The minimum Gasteiger partial charge on any atom is -0.385 e. The van der Waals surface area contributed by atoms with Crippen LogP contribution in [-0.2, 0) is 4.79 Å². The molecule has 0 aliphatic heterocycles. The molecule has 0 spiro atoms. The summed E-state index contributed by atoms with van der Waals surface area (Å²) in [5.74, 6) is -0.189. The summed E-state index contributed by atoms with van der Waals surface area (Å²) in [6.45, 7) is 5.06. The molecule has 72 valence electrons. The molecule has 0 heterocycles. The topological polar surface area (TPSA) is 49.3 Å². The van der Waals surface area contributed by atoms with Gasteiger partial charge in [-0.3, -0.25) is 4.79 Å². The van der Waals surface area contributed by atoms with Crippen LogP contribution in [0.25, 0.3) is 0 Å². The maximum atomic E-state index is 10.8. The van der Waals surface area contributed by atoms with Crippen molar-refractivity contribution in [1.82, 2.24) is 5.32 Å². The van der Waals surface area contributed by atoms with Crippen molar-refractivity contribution >= 4 is 5.91 Å². The van der Waals surface area contributed by atoms with E-state index in [1.54, 1.807) is 19.1 Å². The first-order valence-corrected chi connectivity index (χ1v) is 4.33. The summed E-state index contributed by atoms with van der Waals surface area (Å²) < 4.78 is 0. The quantitative estimate of drug-likeness (QED) is 0.633. The summed E-state index contributed by atoms with van der Waals surface area (Å²) in [6, 6.07) is 0. The van der Waals surface area contributed by atoms with Crippen molar-refractivity contribution in [2.45, 2.75) is 26.4 Å². The monoisotopic (exact) mass is 181 g/mol. The zero-order valence-corrected chi connectivity index (χ0v) is 8.16. The summed E-state index contributed by atoms with van der Waals surface area (Å²) in [7, 11) is 0. The Bertz CT molecular complexity index is 277. The summed E-state index contributed by atoms with van der Waals surface area (Å²) in [6.07, 6.45) is 5.29. The van der Waals surface area contributed by atoms with Gasteiger partial charge in [-0.15, -0.1) is 0 Å². The maximum Gasteiger partial charge on any atom is 0.221 e. The number of carbonyl (C=O) groups is 1. The number of rotatable bonds is 1. The summed E-state index contributed by atoms with van der Waals surface area (Å²) in [5.41, 5.74) is -0.105. The van der Waals surface area contributed by atoms with E-state index >= 15 is 0 Å². The molecule has 3 heteroatoms. The van der Waals surface area contributed by atoms with Crippen LogP contribution in [0, 0.1) is 5.92 Å². The predicted molar refractivity (Wildman–Crippen MR) is 50.8 cm³/mol. The molecule has 0 saturated heterocycles. The van der Waals surface area contributed by atoms with E-state index < -0.39 is 5.60 Å². The second kappa shape index (κ2) is 3.34. The molecule has 0 aromatic carbocycles. The van der Waals surface area contributed by atoms with E-state index in [9.17, 15) is 9.90 Å². The standard InChI is InChI=1S/C10H15NO2/c1-7-9(11-8(2)12)5-4-6-10(7,3)13/h4-7,13H,1-3H3,(H,11,12). The van der Waals surface area contributed by atoms with Gasteiger partial charge in [-0.05, 0) is 13.0 Å². The fourth-order valence-corrected chi connectivity index (χ4v) is 1.30. The first kappa shape index (κ1) is 9.99. The van der Waals surface area contributed by atoms with Gasteiger partial charge in [-0.1, -0.05) is 19.1 Å². The van der Waals surface area contributed by atoms with Crippen LogP contribution >= 0.6 is 0 Å². The Morgan fingerprint density at radius 3 is 2.85 bits per heavy atom. The number of hydrogen-bond acceptors (Lipinski definition) is 2. The van der Waals surface area contributed by atoms with Crippen LogP contribution in [-0.4, -0.2) is 16.6 Å². The molecule has 0 bridgehead atoms. The normalized spacial score (nSPS) is 32.6. The van der Waals surface area contributed by atoms with Crippen molar-refractivity contribution in [2.75, 3.05) is 0 Å². The van der Waals surface area contributed by atoms with E-state index in [1.165, 1.54) is 6.92 Å². The molecule has 2 atom stereocenters. The molecule has 0 radical (unpaired) electrons. The van der Waals surface area contributed by atoms with Crippen LogP contribution in [0.2, 0.25) is 0 Å². The molecule has 0 aromatic heterocycles. The highest BCUT2D eigenvalue weighted by atomic mass is 16.3. The Hall–Kier alpha value is -1.09. The Kier molecular flexibility index (Phi) is 2.57. The number of carbonyl (C=O) groups excluding carboxylic acids is 1. The van der Waals surface area contributed by atoms with E-state index in [-0.39, 0.29) is 11.8 Å². The largest absolute Gasteiger partial charge is 0.385 e. The molecule has 0 saturated carbocycles. The molecule has 0 fully saturated rings. The van der Waals surface area contributed by atoms with E-state index in [2.05, 4.69) is 5.32 Å². The highest BCUT2D eigenvalue weighted by Crippen LogP contribution is 2.27. The predicted octanol–water partition coefficient (Wildman–Crippen LogP) is 0.963. The minimum absolute atomic E-state index is 0.0820. The smallest absolute Gasteiger partial charge is 0.221 e. The lowest BCUT2D eigenvalue weighted by Crippen LogP contribution is -2.38. The van der Waals surface area contributed by atoms with Gasteiger partial charge in [0.2, 0.25) is 5.91 Å². The zero-order valence-electron chi connectivity index (χ0n) is 8.16. The van der Waals surface area contributed by atoms with E-state index in [1.807, 2.05) is 13.0 Å². The third-order valence-corrected chi connectivity index (χ3v) is 2.37. The molecule has 13 heavy (non-hydrogen) atoms. The molecule has 1 amide bonds. The SMILES string of the molecule is CC(=O)NC1=CC=CC(C)(O)C1C. The van der Waals surface area contributed by atoms with Gasteiger partial charge >= 0.3 is 0 Å². The van der Waals surface area contributed by atoms with Crippen molar-refractivity contribution in [1.29, 1.82) is 0 Å². The summed E-state index contributed by atoms with van der Waals surface area (Å²) in [4.78, 5) is 10.8. The molecule has 0 aromatic rings. The molecular formula is C10H15NO2. The van der Waals surface area contributed by atoms with Crippen LogP contribution in [0.15, 0.2) is 23.9 Å². The molecule has 1 aliphatic rings. The molecule has 1 rings (SSSR count). The first-order chi connectivity index (χ1) is 5.93. The number of allylic oxidation sites excluding steroid dienone is 2. The van der Waals surface area contributed by atoms with Crippen LogP contribution in [0.5, 0.6) is 0 Å². The molecular weight excluding hydrogens is 166 g/mol. The third-order valence-electron chi connectivity index (χ3n) is 2.37. The lowest BCUT2D eigenvalue weighted by Gasteiger charge is -2.31. The Balaban J connectivity index is 2.81. The Morgan fingerprint density at radius 2 is 2.31 bits per heavy atom. The molecule has 3 nitrogen and oxygen atoms in total. The maximum absolute atomic E-state index is 10.8. The van der Waals surface area contributed by atoms with Crippen molar-refractivity contribution in [3.63, 3.8) is 0 Å². The van der Waals surface area contributed by atoms with Gasteiger partial charge in [-0.25, -0.2) is 0 Å². The summed E-state index contributed by atoms with van der Waals surface area (Å²) >= 11 is 0. The number of aliphatic hydroxyl groups is 1. The lowest BCUT2D eigenvalue weighted by molar-refractivity contribution is -0.118. The van der Waals surface area contributed by atoms with Crippen LogP contribution in [0.4, 0.5) is 0 Å². The minimum atomic E-state index is -0.869. The van der Waals surface area contributed by atoms with Gasteiger partial charge < -0.3 is 10.4 Å². The second-order valence-corrected chi connectivity index (χ2v) is 3.61. The first-order valence-electron chi connectivity index (χ1n) is 4.33. The number of hydrogen-bond donors (Lipinski definition) is 2. The highest BCUT2D eigenvalue weighted by Gasteiger charge is 2.30. The van der Waals surface area contributed by atoms with Crippen molar-refractivity contribution in [3.8, 4) is 0 Å². The number of nitrogens with one attached hydrogen (secondary N) is 1. The van der Waals surface area contributed by atoms with Crippen LogP contribution in [0.1, 0.15) is 20.8 Å². The van der Waals surface area contributed by atoms with Gasteiger partial charge in [0.1, 0.15) is 0 Å². The lowest BCUT2D eigenvalue weighted by atomic mass is 9.84. The van der Waals surface area contributed by atoms with Gasteiger partial charge in [0.25, 0.3) is 0 Å². The van der Waals surface area contributed by atoms with Crippen molar-refractivity contribution < 1.29 is 9.90 Å². The summed E-state index contributed by atoms with van der Waals surface area (Å²) in [5, 5.41) is 12.5. The van der Waals surface area contributed by atoms with Crippen LogP contribution < -0.4 is 5.32 Å². The highest BCUT2D eigenvalue weighted by molar-refractivity contribution is 5.75. The zero-order chi connectivity index (χ0) is 10.1. The van der Waals surface area contributed by atoms with Gasteiger partial charge in [0.15, 0.2) is 0 Å². The fourth-order valence-electron chi connectivity index (χ4n) is 1.30. The molecule has 2 unspecified atom stereocenters. The van der Waals surface area contributed by atoms with Gasteiger partial charge in [0.05, 0.1) is 5.60 Å². The van der Waals surface area contributed by atoms with Gasteiger partial charge in [-0.2, -0.15) is 0 Å².